The first-order chi connectivity index (χ1) is 13.3. The molecule has 0 aliphatic rings. The minimum atomic E-state index is -0.105. The van der Waals surface area contributed by atoms with Gasteiger partial charge in [-0.15, -0.1) is 0 Å². The van der Waals surface area contributed by atoms with Crippen LogP contribution in [0.5, 0.6) is 0 Å². The molecule has 2 aromatic heterocycles. The largest absolute Gasteiger partial charge is 0.352 e. The van der Waals surface area contributed by atoms with Gasteiger partial charge in [0, 0.05) is 18.3 Å². The molecule has 0 fully saturated rings. The highest BCUT2D eigenvalue weighted by Crippen LogP contribution is 2.23. The maximum Gasteiger partial charge on any atom is 0.255 e. The molecule has 0 aliphatic carbocycles. The SMILES string of the molecule is O=C(NCCc1ccsc1)c1cn(-c2ccccc2)nc1-c1ccccc1. The Morgan fingerprint density at radius 2 is 1.74 bits per heavy atom. The van der Waals surface area contributed by atoms with Crippen LogP contribution in [0, 0.1) is 0 Å². The molecule has 134 valence electrons. The number of hydrogen-bond acceptors (Lipinski definition) is 3. The van der Waals surface area contributed by atoms with Crippen LogP contribution in [0.25, 0.3) is 16.9 Å². The van der Waals surface area contributed by atoms with Crippen molar-refractivity contribution in [2.24, 2.45) is 0 Å². The normalized spacial score (nSPS) is 10.7. The van der Waals surface area contributed by atoms with Crippen LogP contribution >= 0.6 is 11.3 Å². The van der Waals surface area contributed by atoms with E-state index < -0.39 is 0 Å². The maximum atomic E-state index is 12.9. The molecule has 5 heteroatoms. The first-order valence-electron chi connectivity index (χ1n) is 8.81. The van der Waals surface area contributed by atoms with Gasteiger partial charge in [-0.25, -0.2) is 4.68 Å². The monoisotopic (exact) mass is 373 g/mol. The van der Waals surface area contributed by atoms with Crippen LogP contribution in [0.15, 0.2) is 83.7 Å². The van der Waals surface area contributed by atoms with E-state index in [1.165, 1.54) is 5.56 Å². The molecular formula is C22H19N3OS. The Morgan fingerprint density at radius 1 is 1.00 bits per heavy atom. The smallest absolute Gasteiger partial charge is 0.255 e. The van der Waals surface area contributed by atoms with Gasteiger partial charge in [-0.2, -0.15) is 16.4 Å². The molecule has 0 unspecified atom stereocenters. The molecule has 4 nitrogen and oxygen atoms in total. The molecule has 27 heavy (non-hydrogen) atoms. The number of aromatic nitrogens is 2. The lowest BCUT2D eigenvalue weighted by Crippen LogP contribution is -2.25. The van der Waals surface area contributed by atoms with E-state index in [2.05, 4.69) is 27.2 Å². The number of amides is 1. The Kier molecular flexibility index (Phi) is 5.12. The van der Waals surface area contributed by atoms with Crippen molar-refractivity contribution in [3.05, 3.63) is 94.8 Å². The topological polar surface area (TPSA) is 46.9 Å². The zero-order valence-corrected chi connectivity index (χ0v) is 15.5. The van der Waals surface area contributed by atoms with Gasteiger partial charge in [-0.1, -0.05) is 48.5 Å². The number of nitrogens with zero attached hydrogens (tertiary/aromatic N) is 2. The summed E-state index contributed by atoms with van der Waals surface area (Å²) in [6.07, 6.45) is 2.63. The number of nitrogens with one attached hydrogen (secondary N) is 1. The minimum Gasteiger partial charge on any atom is -0.352 e. The summed E-state index contributed by atoms with van der Waals surface area (Å²) in [7, 11) is 0. The average molecular weight is 373 g/mol. The van der Waals surface area contributed by atoms with E-state index in [0.29, 0.717) is 17.8 Å². The second-order valence-electron chi connectivity index (χ2n) is 6.18. The van der Waals surface area contributed by atoms with E-state index in [4.69, 9.17) is 0 Å². The Morgan fingerprint density at radius 3 is 2.44 bits per heavy atom. The van der Waals surface area contributed by atoms with E-state index in [0.717, 1.165) is 17.7 Å². The van der Waals surface area contributed by atoms with Gasteiger partial charge in [0.05, 0.1) is 11.3 Å². The van der Waals surface area contributed by atoms with Gasteiger partial charge in [0.15, 0.2) is 0 Å². The molecule has 0 bridgehead atoms. The molecule has 0 saturated heterocycles. The molecule has 0 aliphatic heterocycles. The summed E-state index contributed by atoms with van der Waals surface area (Å²) in [6, 6.07) is 21.7. The van der Waals surface area contributed by atoms with Crippen LogP contribution in [0.3, 0.4) is 0 Å². The number of benzene rings is 2. The maximum absolute atomic E-state index is 12.9. The highest BCUT2D eigenvalue weighted by molar-refractivity contribution is 7.07. The lowest BCUT2D eigenvalue weighted by atomic mass is 10.1. The predicted molar refractivity (Wildman–Crippen MR) is 109 cm³/mol. The van der Waals surface area contributed by atoms with Crippen LogP contribution in [0.4, 0.5) is 0 Å². The van der Waals surface area contributed by atoms with Crippen molar-refractivity contribution < 1.29 is 4.79 Å². The Balaban J connectivity index is 1.61. The molecule has 1 N–H and O–H groups in total. The summed E-state index contributed by atoms with van der Waals surface area (Å²) in [5.41, 5.74) is 4.36. The fourth-order valence-electron chi connectivity index (χ4n) is 2.91. The third-order valence-corrected chi connectivity index (χ3v) is 5.04. The highest BCUT2D eigenvalue weighted by atomic mass is 32.1. The zero-order chi connectivity index (χ0) is 18.5. The summed E-state index contributed by atoms with van der Waals surface area (Å²) >= 11 is 1.67. The van der Waals surface area contributed by atoms with Gasteiger partial charge >= 0.3 is 0 Å². The van der Waals surface area contributed by atoms with Crippen molar-refractivity contribution in [2.45, 2.75) is 6.42 Å². The second-order valence-corrected chi connectivity index (χ2v) is 6.96. The molecule has 0 radical (unpaired) electrons. The van der Waals surface area contributed by atoms with Gasteiger partial charge in [0.25, 0.3) is 5.91 Å². The van der Waals surface area contributed by atoms with Crippen molar-refractivity contribution in [3.63, 3.8) is 0 Å². The van der Waals surface area contributed by atoms with Crippen molar-refractivity contribution in [3.8, 4) is 16.9 Å². The van der Waals surface area contributed by atoms with Crippen molar-refractivity contribution in [1.82, 2.24) is 15.1 Å². The van der Waals surface area contributed by atoms with E-state index in [-0.39, 0.29) is 5.91 Å². The van der Waals surface area contributed by atoms with Gasteiger partial charge < -0.3 is 5.32 Å². The van der Waals surface area contributed by atoms with Gasteiger partial charge in [-0.05, 0) is 40.9 Å². The Bertz CT molecular complexity index is 1010. The minimum absolute atomic E-state index is 0.105. The van der Waals surface area contributed by atoms with E-state index in [1.54, 1.807) is 22.2 Å². The van der Waals surface area contributed by atoms with E-state index in [1.807, 2.05) is 60.7 Å². The first kappa shape index (κ1) is 17.2. The molecule has 0 saturated carbocycles. The predicted octanol–water partition coefficient (Wildman–Crippen LogP) is 4.57. The third-order valence-electron chi connectivity index (χ3n) is 4.31. The average Bonchev–Trinajstić information content (AvgIpc) is 3.39. The first-order valence-corrected chi connectivity index (χ1v) is 9.75. The van der Waals surface area contributed by atoms with Gasteiger partial charge in [-0.3, -0.25) is 4.79 Å². The Labute approximate surface area is 162 Å². The molecule has 4 rings (SSSR count). The highest BCUT2D eigenvalue weighted by Gasteiger charge is 2.18. The molecular weight excluding hydrogens is 354 g/mol. The van der Waals surface area contributed by atoms with Crippen molar-refractivity contribution in [1.29, 1.82) is 0 Å². The zero-order valence-electron chi connectivity index (χ0n) is 14.7. The van der Waals surface area contributed by atoms with E-state index in [9.17, 15) is 4.79 Å². The fraction of sp³-hybridized carbons (Fsp3) is 0.0909. The summed E-state index contributed by atoms with van der Waals surface area (Å²) < 4.78 is 1.76. The number of carbonyl (C=O) groups excluding carboxylic acids is 1. The number of hydrogen-bond donors (Lipinski definition) is 1. The number of para-hydroxylation sites is 1. The van der Waals surface area contributed by atoms with Crippen molar-refractivity contribution in [2.75, 3.05) is 6.54 Å². The lowest BCUT2D eigenvalue weighted by Gasteiger charge is -2.05. The quantitative estimate of drug-likeness (QED) is 0.538. The van der Waals surface area contributed by atoms with Crippen LogP contribution in [-0.4, -0.2) is 22.2 Å². The molecule has 0 spiro atoms. The summed E-state index contributed by atoms with van der Waals surface area (Å²) in [6.45, 7) is 0.598. The molecule has 1 amide bonds. The molecule has 4 aromatic rings. The van der Waals surface area contributed by atoms with Crippen molar-refractivity contribution >= 4 is 17.2 Å². The second kappa shape index (κ2) is 8.01. The standard InChI is InChI=1S/C22H19N3OS/c26-22(23-13-11-17-12-14-27-16-17)20-15-25(19-9-5-2-6-10-19)24-21(20)18-7-3-1-4-8-18/h1-10,12,14-16H,11,13H2,(H,23,26). The summed E-state index contributed by atoms with van der Waals surface area (Å²) in [4.78, 5) is 12.9. The van der Waals surface area contributed by atoms with Crippen LogP contribution in [0.2, 0.25) is 0 Å². The molecule has 2 heterocycles. The molecule has 0 atom stereocenters. The van der Waals surface area contributed by atoms with Gasteiger partial charge in [0.2, 0.25) is 0 Å². The number of carbonyl (C=O) groups is 1. The van der Waals surface area contributed by atoms with Crippen LogP contribution < -0.4 is 5.32 Å². The van der Waals surface area contributed by atoms with E-state index >= 15 is 0 Å². The summed E-state index contributed by atoms with van der Waals surface area (Å²) in [5.74, 6) is -0.105. The summed E-state index contributed by atoms with van der Waals surface area (Å²) in [5, 5.41) is 11.9. The molecule has 2 aromatic carbocycles. The fourth-order valence-corrected chi connectivity index (χ4v) is 3.62. The van der Waals surface area contributed by atoms with Crippen LogP contribution in [-0.2, 0) is 6.42 Å². The Hall–Kier alpha value is -3.18. The third kappa shape index (κ3) is 3.99. The van der Waals surface area contributed by atoms with Crippen LogP contribution in [0.1, 0.15) is 15.9 Å². The number of rotatable bonds is 6. The number of thiophene rings is 1. The lowest BCUT2D eigenvalue weighted by molar-refractivity contribution is 0.0955. The van der Waals surface area contributed by atoms with Gasteiger partial charge in [0.1, 0.15) is 5.69 Å².